The first-order valence-electron chi connectivity index (χ1n) is 4.89. The van der Waals surface area contributed by atoms with Gasteiger partial charge in [0.2, 0.25) is 0 Å². The molecule has 0 N–H and O–H groups in total. The van der Waals surface area contributed by atoms with Crippen LogP contribution in [0.25, 0.3) is 0 Å². The highest BCUT2D eigenvalue weighted by Crippen LogP contribution is 2.32. The first-order valence-corrected chi connectivity index (χ1v) is 6.25. The Kier molecular flexibility index (Phi) is 4.35. The van der Waals surface area contributed by atoms with E-state index in [9.17, 15) is 0 Å². The zero-order valence-electron chi connectivity index (χ0n) is 9.63. The van der Waals surface area contributed by atoms with Crippen LogP contribution in [0.5, 0.6) is 5.75 Å². The van der Waals surface area contributed by atoms with Gasteiger partial charge in [-0.1, -0.05) is 32.4 Å². The van der Waals surface area contributed by atoms with Crippen LogP contribution in [0.2, 0.25) is 5.02 Å². The molecule has 15 heavy (non-hydrogen) atoms. The second-order valence-electron chi connectivity index (χ2n) is 4.65. The van der Waals surface area contributed by atoms with Gasteiger partial charge in [0, 0.05) is 10.6 Å². The highest BCUT2D eigenvalue weighted by Gasteiger charge is 2.11. The van der Waals surface area contributed by atoms with E-state index in [0.29, 0.717) is 10.4 Å². The number of benzene rings is 1. The number of hydrogen-bond donors (Lipinski definition) is 0. The molecule has 0 aliphatic carbocycles. The van der Waals surface area contributed by atoms with Crippen LogP contribution in [0.3, 0.4) is 0 Å². The van der Waals surface area contributed by atoms with Gasteiger partial charge >= 0.3 is 0 Å². The fourth-order valence-corrected chi connectivity index (χ4v) is 2.32. The quantitative estimate of drug-likeness (QED) is 0.725. The molecule has 0 amide bonds. The van der Waals surface area contributed by atoms with Gasteiger partial charge in [-0.15, -0.1) is 11.8 Å². The molecule has 0 saturated carbocycles. The van der Waals surface area contributed by atoms with Crippen molar-refractivity contribution in [3.8, 4) is 5.75 Å². The molecule has 0 aromatic heterocycles. The van der Waals surface area contributed by atoms with Crippen LogP contribution in [0.1, 0.15) is 20.8 Å². The Hall–Kier alpha value is -0.340. The number of methoxy groups -OCH3 is 1. The third-order valence-corrected chi connectivity index (χ3v) is 3.69. The average molecular weight is 245 g/mol. The van der Waals surface area contributed by atoms with Crippen molar-refractivity contribution in [2.24, 2.45) is 5.41 Å². The van der Waals surface area contributed by atoms with Gasteiger partial charge in [-0.3, -0.25) is 0 Å². The summed E-state index contributed by atoms with van der Waals surface area (Å²) in [4.78, 5) is 1.19. The van der Waals surface area contributed by atoms with Crippen molar-refractivity contribution in [1.82, 2.24) is 0 Å². The minimum atomic E-state index is 0.330. The molecule has 0 radical (unpaired) electrons. The van der Waals surface area contributed by atoms with Crippen LogP contribution >= 0.6 is 23.4 Å². The van der Waals surface area contributed by atoms with E-state index in [1.54, 1.807) is 7.11 Å². The highest BCUT2D eigenvalue weighted by atomic mass is 35.5. The van der Waals surface area contributed by atoms with E-state index in [1.165, 1.54) is 4.90 Å². The van der Waals surface area contributed by atoms with Crippen LogP contribution in [-0.4, -0.2) is 12.9 Å². The van der Waals surface area contributed by atoms with E-state index >= 15 is 0 Å². The SMILES string of the molecule is COc1ccc(SCC(C)(C)C)cc1Cl. The monoisotopic (exact) mass is 244 g/mol. The Morgan fingerprint density at radius 3 is 2.47 bits per heavy atom. The summed E-state index contributed by atoms with van der Waals surface area (Å²) >= 11 is 7.86. The molecule has 0 fully saturated rings. The Morgan fingerprint density at radius 2 is 2.00 bits per heavy atom. The van der Waals surface area contributed by atoms with E-state index in [4.69, 9.17) is 16.3 Å². The summed E-state index contributed by atoms with van der Waals surface area (Å²) in [5.74, 6) is 1.81. The lowest BCUT2D eigenvalue weighted by atomic mass is 10.0. The number of hydrogen-bond acceptors (Lipinski definition) is 2. The van der Waals surface area contributed by atoms with Crippen molar-refractivity contribution in [3.63, 3.8) is 0 Å². The van der Waals surface area contributed by atoms with Crippen molar-refractivity contribution in [2.75, 3.05) is 12.9 Å². The van der Waals surface area contributed by atoms with E-state index in [2.05, 4.69) is 20.8 Å². The molecule has 0 saturated heterocycles. The molecular weight excluding hydrogens is 228 g/mol. The molecular formula is C12H17ClOS. The minimum absolute atomic E-state index is 0.330. The Bertz CT molecular complexity index is 331. The van der Waals surface area contributed by atoms with E-state index in [-0.39, 0.29) is 0 Å². The fourth-order valence-electron chi connectivity index (χ4n) is 1.04. The minimum Gasteiger partial charge on any atom is -0.495 e. The van der Waals surface area contributed by atoms with E-state index in [0.717, 1.165) is 11.5 Å². The molecule has 0 bridgehead atoms. The van der Waals surface area contributed by atoms with Gasteiger partial charge in [0.15, 0.2) is 0 Å². The van der Waals surface area contributed by atoms with Crippen LogP contribution < -0.4 is 4.74 Å². The number of halogens is 1. The third-order valence-electron chi connectivity index (χ3n) is 1.80. The molecule has 3 heteroatoms. The van der Waals surface area contributed by atoms with Gasteiger partial charge in [-0.05, 0) is 23.6 Å². The van der Waals surface area contributed by atoms with Crippen LogP contribution in [-0.2, 0) is 0 Å². The predicted octanol–water partition coefficient (Wildman–Crippen LogP) is 4.49. The van der Waals surface area contributed by atoms with Crippen LogP contribution in [0, 0.1) is 5.41 Å². The maximum Gasteiger partial charge on any atom is 0.137 e. The lowest BCUT2D eigenvalue weighted by Crippen LogP contribution is -2.07. The number of thioether (sulfide) groups is 1. The summed E-state index contributed by atoms with van der Waals surface area (Å²) in [6.45, 7) is 6.68. The standard InChI is InChI=1S/C12H17ClOS/c1-12(2,3)8-15-9-5-6-11(14-4)10(13)7-9/h5-7H,8H2,1-4H3. The van der Waals surface area contributed by atoms with E-state index < -0.39 is 0 Å². The molecule has 0 heterocycles. The zero-order chi connectivity index (χ0) is 11.5. The molecule has 0 unspecified atom stereocenters. The molecule has 0 aliphatic rings. The summed E-state index contributed by atoms with van der Waals surface area (Å²) in [5.41, 5.74) is 0.330. The van der Waals surface area contributed by atoms with Gasteiger partial charge in [0.1, 0.15) is 5.75 Å². The molecule has 1 rings (SSSR count). The van der Waals surface area contributed by atoms with Crippen molar-refractivity contribution in [2.45, 2.75) is 25.7 Å². The second-order valence-corrected chi connectivity index (χ2v) is 6.10. The van der Waals surface area contributed by atoms with Crippen LogP contribution in [0.4, 0.5) is 0 Å². The summed E-state index contributed by atoms with van der Waals surface area (Å²) in [5, 5.41) is 0.677. The summed E-state index contributed by atoms with van der Waals surface area (Å²) < 4.78 is 5.10. The van der Waals surface area contributed by atoms with Crippen LogP contribution in [0.15, 0.2) is 23.1 Å². The highest BCUT2D eigenvalue weighted by molar-refractivity contribution is 7.99. The Morgan fingerprint density at radius 1 is 1.33 bits per heavy atom. The lowest BCUT2D eigenvalue weighted by molar-refractivity contribution is 0.414. The molecule has 1 aromatic carbocycles. The van der Waals surface area contributed by atoms with Crippen molar-refractivity contribution >= 4 is 23.4 Å². The largest absolute Gasteiger partial charge is 0.495 e. The molecule has 0 spiro atoms. The maximum absolute atomic E-state index is 6.04. The van der Waals surface area contributed by atoms with Crippen molar-refractivity contribution in [3.05, 3.63) is 23.2 Å². The average Bonchev–Trinajstić information content (AvgIpc) is 2.14. The maximum atomic E-state index is 6.04. The van der Waals surface area contributed by atoms with Crippen molar-refractivity contribution < 1.29 is 4.74 Å². The molecule has 0 atom stereocenters. The Balaban J connectivity index is 2.68. The molecule has 1 nitrogen and oxygen atoms in total. The molecule has 0 aliphatic heterocycles. The van der Waals surface area contributed by atoms with Crippen molar-refractivity contribution in [1.29, 1.82) is 0 Å². The molecule has 84 valence electrons. The topological polar surface area (TPSA) is 9.23 Å². The summed E-state index contributed by atoms with van der Waals surface area (Å²) in [7, 11) is 1.63. The Labute approximate surface area is 101 Å². The van der Waals surface area contributed by atoms with Gasteiger partial charge in [-0.2, -0.15) is 0 Å². The summed E-state index contributed by atoms with van der Waals surface area (Å²) in [6.07, 6.45) is 0. The van der Waals surface area contributed by atoms with Gasteiger partial charge < -0.3 is 4.74 Å². The predicted molar refractivity (Wildman–Crippen MR) is 68.2 cm³/mol. The first kappa shape index (κ1) is 12.7. The van der Waals surface area contributed by atoms with Gasteiger partial charge in [0.25, 0.3) is 0 Å². The normalized spacial score (nSPS) is 11.5. The zero-order valence-corrected chi connectivity index (χ0v) is 11.2. The number of ether oxygens (including phenoxy) is 1. The third kappa shape index (κ3) is 4.35. The lowest BCUT2D eigenvalue weighted by Gasteiger charge is -2.17. The van der Waals surface area contributed by atoms with Gasteiger partial charge in [-0.25, -0.2) is 0 Å². The smallest absolute Gasteiger partial charge is 0.137 e. The van der Waals surface area contributed by atoms with E-state index in [1.807, 2.05) is 30.0 Å². The first-order chi connectivity index (χ1) is 6.92. The second kappa shape index (κ2) is 5.13. The fraction of sp³-hybridized carbons (Fsp3) is 0.500. The number of rotatable bonds is 3. The summed E-state index contributed by atoms with van der Waals surface area (Å²) in [6, 6.07) is 5.91. The van der Waals surface area contributed by atoms with Gasteiger partial charge in [0.05, 0.1) is 12.1 Å². The molecule has 1 aromatic rings.